The highest BCUT2D eigenvalue weighted by Crippen LogP contribution is 2.26. The van der Waals surface area contributed by atoms with E-state index in [1.54, 1.807) is 18.2 Å². The summed E-state index contributed by atoms with van der Waals surface area (Å²) < 4.78 is 31.9. The van der Waals surface area contributed by atoms with Gasteiger partial charge in [-0.2, -0.15) is 5.26 Å². The molecule has 1 atom stereocenters. The summed E-state index contributed by atoms with van der Waals surface area (Å²) in [5, 5.41) is 10.3. The number of ether oxygens (including phenoxy) is 1. The zero-order valence-electron chi connectivity index (χ0n) is 13.4. The van der Waals surface area contributed by atoms with Crippen LogP contribution in [0.3, 0.4) is 0 Å². The standard InChI is InChI=1S/C16H17N3O4S/c1-11-12(9-20)3-4-16-15(11)5-13(6-17)19(16)8-14-7-18(2)24(21,22)10-23-14/h3-5,9,14H,7-8,10H2,1-2H3. The SMILES string of the molecule is Cc1c(C=O)ccc2c1cc(C#N)n2CC1CN(C)S(=O)(=O)CO1. The van der Waals surface area contributed by atoms with Crippen LogP contribution in [0.25, 0.3) is 10.9 Å². The number of fused-ring (bicyclic) bond motifs is 1. The third kappa shape index (κ3) is 2.71. The monoisotopic (exact) mass is 347 g/mol. The molecule has 2 heterocycles. The molecule has 0 saturated carbocycles. The van der Waals surface area contributed by atoms with Crippen molar-refractivity contribution < 1.29 is 17.9 Å². The average Bonchev–Trinajstić information content (AvgIpc) is 2.90. The van der Waals surface area contributed by atoms with Gasteiger partial charge in [-0.15, -0.1) is 0 Å². The van der Waals surface area contributed by atoms with Gasteiger partial charge >= 0.3 is 0 Å². The fourth-order valence-corrected chi connectivity index (χ4v) is 3.89. The first-order valence-corrected chi connectivity index (χ1v) is 9.02. The zero-order chi connectivity index (χ0) is 17.5. The zero-order valence-corrected chi connectivity index (χ0v) is 14.2. The van der Waals surface area contributed by atoms with Crippen LogP contribution in [0.15, 0.2) is 18.2 Å². The number of aromatic nitrogens is 1. The van der Waals surface area contributed by atoms with E-state index in [-0.39, 0.29) is 18.6 Å². The topological polar surface area (TPSA) is 92.4 Å². The van der Waals surface area contributed by atoms with Crippen molar-refractivity contribution in [1.29, 1.82) is 5.26 Å². The van der Waals surface area contributed by atoms with Gasteiger partial charge < -0.3 is 9.30 Å². The number of hydrogen-bond acceptors (Lipinski definition) is 5. The first-order valence-electron chi connectivity index (χ1n) is 7.41. The van der Waals surface area contributed by atoms with Crippen LogP contribution in [0.2, 0.25) is 0 Å². The Morgan fingerprint density at radius 1 is 1.46 bits per heavy atom. The molecular formula is C16H17N3O4S. The largest absolute Gasteiger partial charge is 0.358 e. The normalized spacial score (nSPS) is 20.8. The van der Waals surface area contributed by atoms with E-state index in [1.165, 1.54) is 11.4 Å². The summed E-state index contributed by atoms with van der Waals surface area (Å²) in [5.74, 6) is -0.358. The molecule has 7 nitrogen and oxygen atoms in total. The minimum absolute atomic E-state index is 0.234. The second-order valence-electron chi connectivity index (χ2n) is 5.88. The molecule has 24 heavy (non-hydrogen) atoms. The number of aryl methyl sites for hydroxylation is 1. The molecule has 1 aliphatic rings. The maximum Gasteiger partial charge on any atom is 0.238 e. The third-order valence-electron chi connectivity index (χ3n) is 4.41. The van der Waals surface area contributed by atoms with E-state index in [1.807, 2.05) is 11.5 Å². The molecule has 0 N–H and O–H groups in total. The van der Waals surface area contributed by atoms with E-state index in [9.17, 15) is 18.5 Å². The molecule has 0 aliphatic carbocycles. The van der Waals surface area contributed by atoms with Crippen molar-refractivity contribution >= 4 is 27.2 Å². The molecule has 8 heteroatoms. The Labute approximate surface area is 140 Å². The maximum absolute atomic E-state index is 11.7. The van der Waals surface area contributed by atoms with Gasteiger partial charge in [0, 0.05) is 30.1 Å². The third-order valence-corrected chi connectivity index (χ3v) is 5.95. The molecule has 0 radical (unpaired) electrons. The maximum atomic E-state index is 11.7. The Hall–Kier alpha value is -2.21. The van der Waals surface area contributed by atoms with Crippen LogP contribution in [0.1, 0.15) is 21.6 Å². The summed E-state index contributed by atoms with van der Waals surface area (Å²) in [6, 6.07) is 7.43. The van der Waals surface area contributed by atoms with Gasteiger partial charge in [-0.25, -0.2) is 12.7 Å². The van der Waals surface area contributed by atoms with Crippen LogP contribution in [-0.2, 0) is 21.3 Å². The summed E-state index contributed by atoms with van der Waals surface area (Å²) >= 11 is 0. The summed E-state index contributed by atoms with van der Waals surface area (Å²) in [7, 11) is -1.83. The van der Waals surface area contributed by atoms with Gasteiger partial charge in [0.15, 0.2) is 5.94 Å². The first-order chi connectivity index (χ1) is 11.4. The smallest absolute Gasteiger partial charge is 0.238 e. The molecule has 3 rings (SSSR count). The Bertz CT molecular complexity index is 956. The fraction of sp³-hybridized carbons (Fsp3) is 0.375. The summed E-state index contributed by atoms with van der Waals surface area (Å²) in [6.45, 7) is 2.44. The number of likely N-dealkylation sites (N-methyl/N-ethyl adjacent to an activating group) is 1. The quantitative estimate of drug-likeness (QED) is 0.779. The van der Waals surface area contributed by atoms with Gasteiger partial charge in [0.05, 0.1) is 12.6 Å². The number of sulfonamides is 1. The second kappa shape index (κ2) is 6.02. The van der Waals surface area contributed by atoms with Crippen molar-refractivity contribution in [3.8, 4) is 6.07 Å². The number of nitriles is 1. The lowest BCUT2D eigenvalue weighted by Gasteiger charge is -2.30. The molecule has 1 aromatic heterocycles. The number of nitrogens with zero attached hydrogens (tertiary/aromatic N) is 3. The van der Waals surface area contributed by atoms with Gasteiger partial charge in [-0.05, 0) is 30.7 Å². The van der Waals surface area contributed by atoms with Crippen molar-refractivity contribution in [3.63, 3.8) is 0 Å². The highest BCUT2D eigenvalue weighted by atomic mass is 32.2. The lowest BCUT2D eigenvalue weighted by Crippen LogP contribution is -2.45. The molecule has 1 fully saturated rings. The van der Waals surface area contributed by atoms with E-state index >= 15 is 0 Å². The minimum atomic E-state index is -3.35. The van der Waals surface area contributed by atoms with E-state index in [0.29, 0.717) is 17.8 Å². The number of carbonyl (C=O) groups is 1. The number of carbonyl (C=O) groups excluding carboxylic acids is 1. The Kier molecular flexibility index (Phi) is 4.17. The Balaban J connectivity index is 1.99. The van der Waals surface area contributed by atoms with Gasteiger partial charge in [-0.3, -0.25) is 4.79 Å². The van der Waals surface area contributed by atoms with E-state index in [2.05, 4.69) is 6.07 Å². The molecule has 0 amide bonds. The predicted octanol–water partition coefficient (Wildman–Crippen LogP) is 1.25. The van der Waals surface area contributed by atoms with Crippen molar-refractivity contribution in [2.24, 2.45) is 0 Å². The molecule has 1 saturated heterocycles. The predicted molar refractivity (Wildman–Crippen MR) is 88.1 cm³/mol. The minimum Gasteiger partial charge on any atom is -0.358 e. The van der Waals surface area contributed by atoms with Gasteiger partial charge in [0.2, 0.25) is 10.0 Å². The molecule has 126 valence electrons. The molecular weight excluding hydrogens is 330 g/mol. The van der Waals surface area contributed by atoms with Gasteiger partial charge in [0.1, 0.15) is 18.0 Å². The average molecular weight is 347 g/mol. The number of benzene rings is 1. The van der Waals surface area contributed by atoms with E-state index < -0.39 is 10.0 Å². The second-order valence-corrected chi connectivity index (χ2v) is 7.90. The Morgan fingerprint density at radius 2 is 2.21 bits per heavy atom. The lowest BCUT2D eigenvalue weighted by atomic mass is 10.1. The Morgan fingerprint density at radius 3 is 2.83 bits per heavy atom. The van der Waals surface area contributed by atoms with Crippen molar-refractivity contribution in [2.75, 3.05) is 19.5 Å². The van der Waals surface area contributed by atoms with E-state index in [4.69, 9.17) is 4.74 Å². The molecule has 1 unspecified atom stereocenters. The molecule has 0 bridgehead atoms. The highest BCUT2D eigenvalue weighted by Gasteiger charge is 2.30. The van der Waals surface area contributed by atoms with Gasteiger partial charge in [-0.1, -0.05) is 0 Å². The number of hydrogen-bond donors (Lipinski definition) is 0. The summed E-state index contributed by atoms with van der Waals surface area (Å²) in [5.41, 5.74) is 2.69. The molecule has 1 aliphatic heterocycles. The van der Waals surface area contributed by atoms with Crippen LogP contribution in [-0.4, -0.2) is 49.2 Å². The lowest BCUT2D eigenvalue weighted by molar-refractivity contribution is 0.0422. The van der Waals surface area contributed by atoms with Crippen LogP contribution in [0.4, 0.5) is 0 Å². The summed E-state index contributed by atoms with van der Waals surface area (Å²) in [4.78, 5) is 11.1. The number of rotatable bonds is 3. The fourth-order valence-electron chi connectivity index (χ4n) is 2.95. The first kappa shape index (κ1) is 16.6. The van der Waals surface area contributed by atoms with Crippen LogP contribution in [0.5, 0.6) is 0 Å². The van der Waals surface area contributed by atoms with Crippen molar-refractivity contribution in [1.82, 2.24) is 8.87 Å². The summed E-state index contributed by atoms with van der Waals surface area (Å²) in [6.07, 6.45) is 0.453. The van der Waals surface area contributed by atoms with Gasteiger partial charge in [0.25, 0.3) is 0 Å². The highest BCUT2D eigenvalue weighted by molar-refractivity contribution is 7.88. The van der Waals surface area contributed by atoms with Crippen LogP contribution in [0, 0.1) is 18.3 Å². The van der Waals surface area contributed by atoms with Crippen LogP contribution < -0.4 is 0 Å². The molecule has 0 spiro atoms. The van der Waals surface area contributed by atoms with Crippen LogP contribution >= 0.6 is 0 Å². The van der Waals surface area contributed by atoms with Crippen molar-refractivity contribution in [2.45, 2.75) is 19.6 Å². The molecule has 2 aromatic rings. The molecule has 1 aromatic carbocycles. The van der Waals surface area contributed by atoms with E-state index in [0.717, 1.165) is 22.8 Å². The van der Waals surface area contributed by atoms with Crippen molar-refractivity contribution in [3.05, 3.63) is 35.0 Å². The number of aldehydes is 1.